The smallest absolute Gasteiger partial charge is 0.287 e. The summed E-state index contributed by atoms with van der Waals surface area (Å²) >= 11 is 0. The molecule has 1 aromatic rings. The Kier molecular flexibility index (Phi) is 3.69. The number of aryl methyl sites for hydroxylation is 1. The average Bonchev–Trinajstić information content (AvgIpc) is 2.87. The molecule has 1 aliphatic carbocycles. The topological polar surface area (TPSA) is 102 Å². The molecule has 2 rings (SSSR count). The molecule has 1 amide bonds. The molecule has 1 fully saturated rings. The molecule has 7 heteroatoms. The minimum atomic E-state index is -3.85. The Labute approximate surface area is 112 Å². The van der Waals surface area contributed by atoms with Gasteiger partial charge in [-0.15, -0.1) is 0 Å². The minimum Gasteiger partial charge on any atom is -0.455 e. The Balaban J connectivity index is 2.05. The molecule has 1 aromatic heterocycles. The highest BCUT2D eigenvalue weighted by Crippen LogP contribution is 2.34. The molecule has 19 heavy (non-hydrogen) atoms. The summed E-state index contributed by atoms with van der Waals surface area (Å²) in [6, 6.07) is 1.35. The van der Waals surface area contributed by atoms with Crippen LogP contribution in [-0.2, 0) is 10.0 Å². The number of nitrogens with two attached hydrogens (primary N) is 1. The Morgan fingerprint density at radius 2 is 2.26 bits per heavy atom. The van der Waals surface area contributed by atoms with E-state index in [1.54, 1.807) is 0 Å². The van der Waals surface area contributed by atoms with Gasteiger partial charge in [0.1, 0.15) is 10.7 Å². The second-order valence-electron chi connectivity index (χ2n) is 4.94. The molecule has 0 aliphatic heterocycles. The monoisotopic (exact) mass is 286 g/mol. The lowest BCUT2D eigenvalue weighted by Crippen LogP contribution is -2.26. The average molecular weight is 286 g/mol. The van der Waals surface area contributed by atoms with Gasteiger partial charge in [0.25, 0.3) is 5.91 Å². The molecule has 0 spiro atoms. The van der Waals surface area contributed by atoms with Crippen LogP contribution < -0.4 is 10.5 Å². The van der Waals surface area contributed by atoms with E-state index >= 15 is 0 Å². The van der Waals surface area contributed by atoms with Gasteiger partial charge in [0, 0.05) is 12.1 Å². The van der Waals surface area contributed by atoms with Crippen molar-refractivity contribution in [3.05, 3.63) is 17.6 Å². The molecule has 2 atom stereocenters. The predicted molar refractivity (Wildman–Crippen MR) is 69.1 cm³/mol. The standard InChI is InChI=1S/C12H18N2O4S/c1-3-4-8-5-9(8)14-12(15)10-6-11(7(2)18-10)19(13,16)17/h6,8-9H,3-5H2,1-2H3,(H,14,15)(H2,13,16,17). The highest BCUT2D eigenvalue weighted by molar-refractivity contribution is 7.89. The van der Waals surface area contributed by atoms with E-state index in [1.165, 1.54) is 13.0 Å². The summed E-state index contributed by atoms with van der Waals surface area (Å²) in [6.45, 7) is 3.57. The van der Waals surface area contributed by atoms with Crippen LogP contribution in [0.15, 0.2) is 15.4 Å². The van der Waals surface area contributed by atoms with Crippen LogP contribution in [0.25, 0.3) is 0 Å². The van der Waals surface area contributed by atoms with Gasteiger partial charge >= 0.3 is 0 Å². The number of primary sulfonamides is 1. The minimum absolute atomic E-state index is 0.0105. The lowest BCUT2D eigenvalue weighted by atomic mass is 10.2. The van der Waals surface area contributed by atoms with E-state index in [4.69, 9.17) is 9.56 Å². The maximum Gasteiger partial charge on any atom is 0.287 e. The first-order valence-corrected chi connectivity index (χ1v) is 7.81. The lowest BCUT2D eigenvalue weighted by Gasteiger charge is -2.01. The van der Waals surface area contributed by atoms with Gasteiger partial charge in [0.2, 0.25) is 10.0 Å². The second kappa shape index (κ2) is 4.97. The Morgan fingerprint density at radius 3 is 2.79 bits per heavy atom. The van der Waals surface area contributed by atoms with Crippen molar-refractivity contribution < 1.29 is 17.6 Å². The van der Waals surface area contributed by atoms with Crippen molar-refractivity contribution in [2.45, 2.75) is 44.0 Å². The molecule has 0 radical (unpaired) electrons. The number of sulfonamides is 1. The number of furan rings is 1. The zero-order valence-electron chi connectivity index (χ0n) is 11.0. The van der Waals surface area contributed by atoms with E-state index < -0.39 is 10.0 Å². The number of amides is 1. The third-order valence-electron chi connectivity index (χ3n) is 3.30. The molecule has 1 heterocycles. The fourth-order valence-corrected chi connectivity index (χ4v) is 2.93. The van der Waals surface area contributed by atoms with E-state index in [0.717, 1.165) is 19.3 Å². The van der Waals surface area contributed by atoms with E-state index in [-0.39, 0.29) is 28.4 Å². The van der Waals surface area contributed by atoms with Crippen molar-refractivity contribution in [2.75, 3.05) is 0 Å². The molecule has 0 bridgehead atoms. The van der Waals surface area contributed by atoms with Gasteiger partial charge in [-0.05, 0) is 25.7 Å². The largest absolute Gasteiger partial charge is 0.455 e. The van der Waals surface area contributed by atoms with Gasteiger partial charge in [0.05, 0.1) is 0 Å². The van der Waals surface area contributed by atoms with Crippen LogP contribution in [-0.4, -0.2) is 20.4 Å². The predicted octanol–water partition coefficient (Wildman–Crippen LogP) is 1.15. The van der Waals surface area contributed by atoms with Gasteiger partial charge in [0.15, 0.2) is 5.76 Å². The molecule has 6 nitrogen and oxygen atoms in total. The fourth-order valence-electron chi connectivity index (χ4n) is 2.21. The van der Waals surface area contributed by atoms with E-state index in [2.05, 4.69) is 12.2 Å². The summed E-state index contributed by atoms with van der Waals surface area (Å²) in [5.74, 6) is 0.265. The van der Waals surface area contributed by atoms with Crippen LogP contribution in [0.5, 0.6) is 0 Å². The van der Waals surface area contributed by atoms with Gasteiger partial charge in [-0.2, -0.15) is 0 Å². The van der Waals surface area contributed by atoms with Crippen molar-refractivity contribution in [1.82, 2.24) is 5.32 Å². The number of carbonyl (C=O) groups excluding carboxylic acids is 1. The maximum absolute atomic E-state index is 11.9. The SMILES string of the molecule is CCCC1CC1NC(=O)c1cc(S(N)(=O)=O)c(C)o1. The van der Waals surface area contributed by atoms with E-state index in [1.807, 2.05) is 0 Å². The summed E-state index contributed by atoms with van der Waals surface area (Å²) in [6.07, 6.45) is 3.15. The molecule has 106 valence electrons. The normalized spacial score (nSPS) is 22.3. The summed E-state index contributed by atoms with van der Waals surface area (Å²) in [5.41, 5.74) is 0. The molecule has 1 saturated carbocycles. The Hall–Kier alpha value is -1.34. The highest BCUT2D eigenvalue weighted by Gasteiger charge is 2.38. The van der Waals surface area contributed by atoms with Crippen molar-refractivity contribution in [3.63, 3.8) is 0 Å². The van der Waals surface area contributed by atoms with Crippen LogP contribution in [0.1, 0.15) is 42.5 Å². The third-order valence-corrected chi connectivity index (χ3v) is 4.32. The lowest BCUT2D eigenvalue weighted by molar-refractivity contribution is 0.0919. The number of carbonyl (C=O) groups is 1. The summed E-state index contributed by atoms with van der Waals surface area (Å²) in [7, 11) is -3.85. The third kappa shape index (κ3) is 3.16. The number of hydrogen-bond donors (Lipinski definition) is 2. The van der Waals surface area contributed by atoms with Crippen LogP contribution in [0.2, 0.25) is 0 Å². The number of hydrogen-bond acceptors (Lipinski definition) is 4. The van der Waals surface area contributed by atoms with Crippen molar-refractivity contribution >= 4 is 15.9 Å². The summed E-state index contributed by atoms with van der Waals surface area (Å²) in [5, 5.41) is 7.86. The van der Waals surface area contributed by atoms with Crippen molar-refractivity contribution in [1.29, 1.82) is 0 Å². The molecule has 0 saturated heterocycles. The quantitative estimate of drug-likeness (QED) is 0.847. The first kappa shape index (κ1) is 14.1. The molecule has 1 aliphatic rings. The molecule has 0 aromatic carbocycles. The van der Waals surface area contributed by atoms with Crippen molar-refractivity contribution in [3.8, 4) is 0 Å². The van der Waals surface area contributed by atoms with Gasteiger partial charge in [-0.3, -0.25) is 4.79 Å². The zero-order chi connectivity index (χ0) is 14.2. The molecule has 3 N–H and O–H groups in total. The highest BCUT2D eigenvalue weighted by atomic mass is 32.2. The van der Waals surface area contributed by atoms with Crippen LogP contribution in [0.4, 0.5) is 0 Å². The molecular formula is C12H18N2O4S. The Morgan fingerprint density at radius 1 is 1.58 bits per heavy atom. The first-order chi connectivity index (χ1) is 8.82. The van der Waals surface area contributed by atoms with E-state index in [0.29, 0.717) is 5.92 Å². The number of nitrogens with one attached hydrogen (secondary N) is 1. The van der Waals surface area contributed by atoms with Crippen molar-refractivity contribution in [2.24, 2.45) is 11.1 Å². The summed E-state index contributed by atoms with van der Waals surface area (Å²) < 4.78 is 27.7. The van der Waals surface area contributed by atoms with Gasteiger partial charge in [-0.25, -0.2) is 13.6 Å². The van der Waals surface area contributed by atoms with Gasteiger partial charge < -0.3 is 9.73 Å². The van der Waals surface area contributed by atoms with Gasteiger partial charge in [-0.1, -0.05) is 13.3 Å². The second-order valence-corrected chi connectivity index (χ2v) is 6.47. The molecule has 2 unspecified atom stereocenters. The zero-order valence-corrected chi connectivity index (χ0v) is 11.8. The number of rotatable bonds is 5. The Bertz CT molecular complexity index is 591. The van der Waals surface area contributed by atoms with Crippen LogP contribution in [0.3, 0.4) is 0 Å². The summed E-state index contributed by atoms with van der Waals surface area (Å²) in [4.78, 5) is 11.8. The van der Waals surface area contributed by atoms with Crippen LogP contribution in [0, 0.1) is 12.8 Å². The first-order valence-electron chi connectivity index (χ1n) is 6.27. The van der Waals surface area contributed by atoms with E-state index in [9.17, 15) is 13.2 Å². The fraction of sp³-hybridized carbons (Fsp3) is 0.583. The maximum atomic E-state index is 11.9. The van der Waals surface area contributed by atoms with Crippen LogP contribution >= 0.6 is 0 Å². The molecular weight excluding hydrogens is 268 g/mol.